The van der Waals surface area contributed by atoms with Crippen LogP contribution in [0.15, 0.2) is 24.3 Å². The monoisotopic (exact) mass is 460 g/mol. The molecule has 3 aliphatic rings. The molecule has 4 rings (SSSR count). The Morgan fingerprint density at radius 3 is 2.47 bits per heavy atom. The van der Waals surface area contributed by atoms with Gasteiger partial charge in [-0.05, 0) is 62.9 Å². The quantitative estimate of drug-likeness (QED) is 0.724. The predicted octanol–water partition coefficient (Wildman–Crippen LogP) is 2.53. The summed E-state index contributed by atoms with van der Waals surface area (Å²) in [5.41, 5.74) is 0.726. The second-order valence-corrected chi connectivity index (χ2v) is 8.41. The molecule has 2 N–H and O–H groups in total. The van der Waals surface area contributed by atoms with Gasteiger partial charge in [-0.15, -0.1) is 24.8 Å². The Kier molecular flexibility index (Phi) is 8.51. The summed E-state index contributed by atoms with van der Waals surface area (Å²) >= 11 is 0. The van der Waals surface area contributed by atoms with Crippen molar-refractivity contribution in [3.05, 3.63) is 30.1 Å². The maximum absolute atomic E-state index is 13.3. The molecule has 1 saturated carbocycles. The normalized spacial score (nSPS) is 23.7. The molecule has 2 amide bonds. The van der Waals surface area contributed by atoms with Crippen LogP contribution in [-0.2, 0) is 9.59 Å². The Morgan fingerprint density at radius 1 is 1.17 bits per heavy atom. The summed E-state index contributed by atoms with van der Waals surface area (Å²) in [6.07, 6.45) is 3.27. The van der Waals surface area contributed by atoms with Gasteiger partial charge in [-0.25, -0.2) is 4.39 Å². The van der Waals surface area contributed by atoms with Gasteiger partial charge in [-0.3, -0.25) is 14.5 Å². The summed E-state index contributed by atoms with van der Waals surface area (Å²) in [4.78, 5) is 29.5. The number of piperazine rings is 1. The maximum Gasteiger partial charge on any atom is 0.241 e. The number of rotatable bonds is 4. The average molecular weight is 461 g/mol. The number of carbonyl (C=O) groups is 2. The van der Waals surface area contributed by atoms with E-state index in [1.54, 1.807) is 12.1 Å². The zero-order chi connectivity index (χ0) is 19.7. The van der Waals surface area contributed by atoms with Crippen molar-refractivity contribution in [2.24, 2.45) is 11.3 Å². The van der Waals surface area contributed by atoms with E-state index in [2.05, 4.69) is 15.5 Å². The van der Waals surface area contributed by atoms with Crippen LogP contribution in [0.25, 0.3) is 0 Å². The Bertz CT molecular complexity index is 752. The molecule has 3 fully saturated rings. The van der Waals surface area contributed by atoms with Gasteiger partial charge in [0.25, 0.3) is 0 Å². The fraction of sp³-hybridized carbons (Fsp3) is 0.619. The molecule has 2 saturated heterocycles. The van der Waals surface area contributed by atoms with Crippen molar-refractivity contribution in [1.29, 1.82) is 0 Å². The molecule has 2 aliphatic heterocycles. The number of nitrogens with one attached hydrogen (secondary N) is 2. The molecule has 0 radical (unpaired) electrons. The molecule has 1 aromatic carbocycles. The van der Waals surface area contributed by atoms with Crippen LogP contribution in [-0.4, -0.2) is 66.9 Å². The zero-order valence-corrected chi connectivity index (χ0v) is 18.9. The van der Waals surface area contributed by atoms with Gasteiger partial charge in [0.15, 0.2) is 0 Å². The van der Waals surface area contributed by atoms with Gasteiger partial charge in [-0.1, -0.05) is 6.07 Å². The van der Waals surface area contributed by atoms with Gasteiger partial charge in [0.2, 0.25) is 11.8 Å². The molecule has 30 heavy (non-hydrogen) atoms. The smallest absolute Gasteiger partial charge is 0.241 e. The van der Waals surface area contributed by atoms with Crippen LogP contribution in [0.1, 0.15) is 26.2 Å². The van der Waals surface area contributed by atoms with Crippen LogP contribution >= 0.6 is 24.8 Å². The highest BCUT2D eigenvalue weighted by Gasteiger charge is 2.58. The summed E-state index contributed by atoms with van der Waals surface area (Å²) in [7, 11) is 0. The Balaban J connectivity index is 0.00000160. The summed E-state index contributed by atoms with van der Waals surface area (Å²) in [6.45, 7) is 6.61. The third kappa shape index (κ3) is 5.25. The molecule has 1 aromatic rings. The first-order chi connectivity index (χ1) is 13.5. The van der Waals surface area contributed by atoms with Crippen molar-refractivity contribution in [3.8, 4) is 0 Å². The fourth-order valence-corrected chi connectivity index (χ4v) is 4.70. The van der Waals surface area contributed by atoms with Gasteiger partial charge in [0.1, 0.15) is 5.82 Å². The van der Waals surface area contributed by atoms with Gasteiger partial charge in [0.05, 0.1) is 6.04 Å². The summed E-state index contributed by atoms with van der Waals surface area (Å²) in [5.74, 6) is -0.0151. The SMILES string of the molecule is CC(C(=O)Nc1cccc(F)c1)N1CCN(C(=O)C2CC23CCNCC3)CC1.Cl.Cl. The molecule has 2 atom stereocenters. The van der Waals surface area contributed by atoms with Crippen molar-refractivity contribution < 1.29 is 14.0 Å². The Morgan fingerprint density at radius 2 is 1.83 bits per heavy atom. The fourth-order valence-electron chi connectivity index (χ4n) is 4.70. The largest absolute Gasteiger partial charge is 0.340 e. The van der Waals surface area contributed by atoms with E-state index < -0.39 is 0 Å². The van der Waals surface area contributed by atoms with E-state index in [1.807, 2.05) is 11.8 Å². The molecule has 6 nitrogen and oxygen atoms in total. The number of anilines is 1. The third-order valence-corrected chi connectivity index (χ3v) is 6.73. The molecule has 2 heterocycles. The van der Waals surface area contributed by atoms with E-state index in [4.69, 9.17) is 0 Å². The molecule has 0 bridgehead atoms. The third-order valence-electron chi connectivity index (χ3n) is 6.73. The Hall–Kier alpha value is -1.41. The van der Waals surface area contributed by atoms with Crippen LogP contribution in [0.2, 0.25) is 0 Å². The van der Waals surface area contributed by atoms with E-state index in [9.17, 15) is 14.0 Å². The topological polar surface area (TPSA) is 64.7 Å². The number of nitrogens with zero attached hydrogens (tertiary/aromatic N) is 2. The van der Waals surface area contributed by atoms with Crippen LogP contribution in [0.3, 0.4) is 0 Å². The first-order valence-electron chi connectivity index (χ1n) is 10.3. The van der Waals surface area contributed by atoms with Crippen molar-refractivity contribution >= 4 is 42.3 Å². The summed E-state index contributed by atoms with van der Waals surface area (Å²) in [5, 5.41) is 6.15. The van der Waals surface area contributed by atoms with Gasteiger partial charge < -0.3 is 15.5 Å². The molecule has 0 aromatic heterocycles. The van der Waals surface area contributed by atoms with Crippen LogP contribution < -0.4 is 10.6 Å². The average Bonchev–Trinajstić information content (AvgIpc) is 3.40. The molecule has 1 spiro atoms. The van der Waals surface area contributed by atoms with Crippen LogP contribution in [0.5, 0.6) is 0 Å². The lowest BCUT2D eigenvalue weighted by atomic mass is 9.91. The second kappa shape index (κ2) is 10.3. The predicted molar refractivity (Wildman–Crippen MR) is 120 cm³/mol. The number of piperidine rings is 1. The number of benzene rings is 1. The number of amides is 2. The molecule has 9 heteroatoms. The van der Waals surface area contributed by atoms with E-state index in [-0.39, 0.29) is 53.9 Å². The molecular formula is C21H31Cl2FN4O2. The highest BCUT2D eigenvalue weighted by Crippen LogP contribution is 2.59. The van der Waals surface area contributed by atoms with Crippen LogP contribution in [0.4, 0.5) is 10.1 Å². The number of halogens is 3. The van der Waals surface area contributed by atoms with Crippen molar-refractivity contribution in [2.45, 2.75) is 32.2 Å². The van der Waals surface area contributed by atoms with E-state index in [0.29, 0.717) is 37.8 Å². The highest BCUT2D eigenvalue weighted by molar-refractivity contribution is 5.94. The van der Waals surface area contributed by atoms with E-state index in [1.165, 1.54) is 12.1 Å². The number of hydrogen-bond donors (Lipinski definition) is 2. The lowest BCUT2D eigenvalue weighted by Crippen LogP contribution is -2.54. The molecule has 2 unspecified atom stereocenters. The lowest BCUT2D eigenvalue weighted by Gasteiger charge is -2.38. The first kappa shape index (κ1) is 24.9. The highest BCUT2D eigenvalue weighted by atomic mass is 35.5. The van der Waals surface area contributed by atoms with Crippen LogP contribution in [0, 0.1) is 17.2 Å². The minimum atomic E-state index is -0.371. The van der Waals surface area contributed by atoms with Gasteiger partial charge in [-0.2, -0.15) is 0 Å². The van der Waals surface area contributed by atoms with Gasteiger partial charge >= 0.3 is 0 Å². The number of hydrogen-bond acceptors (Lipinski definition) is 4. The zero-order valence-electron chi connectivity index (χ0n) is 17.2. The summed E-state index contributed by atoms with van der Waals surface area (Å²) in [6, 6.07) is 5.59. The van der Waals surface area contributed by atoms with Crippen molar-refractivity contribution in [2.75, 3.05) is 44.6 Å². The summed E-state index contributed by atoms with van der Waals surface area (Å²) < 4.78 is 13.3. The standard InChI is InChI=1S/C21H29FN4O2.2ClH/c1-15(19(27)24-17-4-2-3-16(22)13-17)25-9-11-26(12-10-25)20(28)18-14-21(18)5-7-23-8-6-21;;/h2-4,13,15,18,23H,5-12,14H2,1H3,(H,24,27);2*1H. The molecule has 168 valence electrons. The van der Waals surface area contributed by atoms with E-state index >= 15 is 0 Å². The molecular weight excluding hydrogens is 430 g/mol. The number of carbonyl (C=O) groups excluding carboxylic acids is 2. The first-order valence-corrected chi connectivity index (χ1v) is 10.3. The van der Waals surface area contributed by atoms with Crippen molar-refractivity contribution in [1.82, 2.24) is 15.1 Å². The second-order valence-electron chi connectivity index (χ2n) is 8.41. The minimum absolute atomic E-state index is 0. The molecule has 1 aliphatic carbocycles. The minimum Gasteiger partial charge on any atom is -0.340 e. The van der Waals surface area contributed by atoms with Gasteiger partial charge in [0, 0.05) is 37.8 Å². The maximum atomic E-state index is 13.3. The van der Waals surface area contributed by atoms with Crippen molar-refractivity contribution in [3.63, 3.8) is 0 Å². The van der Waals surface area contributed by atoms with E-state index in [0.717, 1.165) is 32.4 Å². The Labute approximate surface area is 189 Å². The lowest BCUT2D eigenvalue weighted by molar-refractivity contribution is -0.136.